The number of unbranched alkanes of at least 4 members (excludes halogenated alkanes) is 3. The third kappa shape index (κ3) is 5.21. The van der Waals surface area contributed by atoms with Crippen molar-refractivity contribution in [2.45, 2.75) is 39.2 Å². The van der Waals surface area contributed by atoms with Gasteiger partial charge in [-0.25, -0.2) is 0 Å². The highest BCUT2D eigenvalue weighted by Crippen LogP contribution is 2.17. The lowest BCUT2D eigenvalue weighted by atomic mass is 10.1. The van der Waals surface area contributed by atoms with Gasteiger partial charge in [-0.2, -0.15) is 5.26 Å². The first-order valence-corrected chi connectivity index (χ1v) is 6.55. The number of halogens is 1. The smallest absolute Gasteiger partial charge is 0.0992 e. The van der Waals surface area contributed by atoms with E-state index in [2.05, 4.69) is 18.3 Å². The molecule has 1 N–H and O–H groups in total. The number of hydrogen-bond acceptors (Lipinski definition) is 2. The Morgan fingerprint density at radius 1 is 1.29 bits per heavy atom. The Hall–Kier alpha value is -1.04. The van der Waals surface area contributed by atoms with Crippen molar-refractivity contribution < 1.29 is 0 Å². The average molecular weight is 251 g/mol. The average Bonchev–Trinajstić information content (AvgIpc) is 2.35. The molecule has 0 saturated carbocycles. The van der Waals surface area contributed by atoms with E-state index in [9.17, 15) is 0 Å². The summed E-state index contributed by atoms with van der Waals surface area (Å²) < 4.78 is 0. The van der Waals surface area contributed by atoms with Crippen LogP contribution >= 0.6 is 11.6 Å². The molecule has 1 rings (SSSR count). The Bertz CT molecular complexity index is 382. The molecule has 0 aliphatic heterocycles. The molecule has 0 radical (unpaired) electrons. The normalized spacial score (nSPS) is 10.2. The Morgan fingerprint density at radius 2 is 2.12 bits per heavy atom. The molecular weight excluding hydrogens is 232 g/mol. The van der Waals surface area contributed by atoms with Crippen molar-refractivity contribution in [1.82, 2.24) is 5.32 Å². The summed E-state index contributed by atoms with van der Waals surface area (Å²) in [5.41, 5.74) is 1.67. The molecule has 92 valence electrons. The van der Waals surface area contributed by atoms with Crippen LogP contribution in [0.3, 0.4) is 0 Å². The number of hydrogen-bond donors (Lipinski definition) is 1. The van der Waals surface area contributed by atoms with Crippen LogP contribution in [0.2, 0.25) is 5.02 Å². The summed E-state index contributed by atoms with van der Waals surface area (Å²) in [6.45, 7) is 4.01. The van der Waals surface area contributed by atoms with E-state index in [0.717, 1.165) is 18.7 Å². The summed E-state index contributed by atoms with van der Waals surface area (Å²) in [5, 5.41) is 12.8. The number of nitrogens with one attached hydrogen (secondary N) is 1. The molecule has 0 amide bonds. The highest BCUT2D eigenvalue weighted by atomic mass is 35.5. The van der Waals surface area contributed by atoms with Crippen molar-refractivity contribution in [3.8, 4) is 6.07 Å². The molecule has 2 nitrogen and oxygen atoms in total. The van der Waals surface area contributed by atoms with Crippen LogP contribution in [0.4, 0.5) is 0 Å². The fourth-order valence-electron chi connectivity index (χ4n) is 1.66. The predicted octanol–water partition coefficient (Wildman–Crippen LogP) is 3.88. The molecule has 0 saturated heterocycles. The van der Waals surface area contributed by atoms with Crippen LogP contribution in [0.15, 0.2) is 18.2 Å². The molecule has 0 heterocycles. The van der Waals surface area contributed by atoms with Gasteiger partial charge in [-0.3, -0.25) is 0 Å². The topological polar surface area (TPSA) is 35.8 Å². The maximum absolute atomic E-state index is 8.73. The molecule has 1 aromatic carbocycles. The van der Waals surface area contributed by atoms with Gasteiger partial charge in [0.2, 0.25) is 0 Å². The SMILES string of the molecule is CCCCCCNCc1ccc(C#N)cc1Cl. The zero-order chi connectivity index (χ0) is 12.5. The number of benzene rings is 1. The first-order valence-electron chi connectivity index (χ1n) is 6.17. The summed E-state index contributed by atoms with van der Waals surface area (Å²) in [4.78, 5) is 0. The quantitative estimate of drug-likeness (QED) is 0.746. The van der Waals surface area contributed by atoms with Gasteiger partial charge in [0.1, 0.15) is 0 Å². The lowest BCUT2D eigenvalue weighted by Crippen LogP contribution is -2.14. The van der Waals surface area contributed by atoms with Crippen LogP contribution in [0, 0.1) is 11.3 Å². The third-order valence-electron chi connectivity index (χ3n) is 2.70. The molecule has 17 heavy (non-hydrogen) atoms. The Balaban J connectivity index is 2.30. The molecule has 0 aliphatic carbocycles. The number of nitriles is 1. The van der Waals surface area contributed by atoms with Gasteiger partial charge in [0.25, 0.3) is 0 Å². The van der Waals surface area contributed by atoms with Crippen LogP contribution in [0.1, 0.15) is 43.7 Å². The van der Waals surface area contributed by atoms with Crippen molar-refractivity contribution in [2.75, 3.05) is 6.54 Å². The highest BCUT2D eigenvalue weighted by Gasteiger charge is 2.01. The molecule has 0 spiro atoms. The zero-order valence-corrected chi connectivity index (χ0v) is 11.1. The molecule has 0 fully saturated rings. The van der Waals surface area contributed by atoms with Gasteiger partial charge in [-0.1, -0.05) is 43.9 Å². The first-order chi connectivity index (χ1) is 8.27. The van der Waals surface area contributed by atoms with E-state index in [1.54, 1.807) is 12.1 Å². The van der Waals surface area contributed by atoms with Crippen LogP contribution < -0.4 is 5.32 Å². The maximum atomic E-state index is 8.73. The standard InChI is InChI=1S/C14H19ClN2/c1-2-3-4-5-8-17-11-13-7-6-12(10-16)9-14(13)15/h6-7,9,17H,2-5,8,11H2,1H3. The van der Waals surface area contributed by atoms with E-state index >= 15 is 0 Å². The minimum Gasteiger partial charge on any atom is -0.313 e. The molecule has 0 bridgehead atoms. The summed E-state index contributed by atoms with van der Waals surface area (Å²) >= 11 is 6.08. The second kappa shape index (κ2) is 8.11. The first kappa shape index (κ1) is 14.0. The van der Waals surface area contributed by atoms with Crippen LogP contribution in [0.25, 0.3) is 0 Å². The second-order valence-electron chi connectivity index (χ2n) is 4.16. The molecule has 0 unspecified atom stereocenters. The molecule has 3 heteroatoms. The Morgan fingerprint density at radius 3 is 2.76 bits per heavy atom. The largest absolute Gasteiger partial charge is 0.313 e. The summed E-state index contributed by atoms with van der Waals surface area (Å²) in [7, 11) is 0. The van der Waals surface area contributed by atoms with Crippen LogP contribution in [-0.4, -0.2) is 6.54 Å². The van der Waals surface area contributed by atoms with E-state index in [0.29, 0.717) is 10.6 Å². The highest BCUT2D eigenvalue weighted by molar-refractivity contribution is 6.31. The van der Waals surface area contributed by atoms with E-state index in [1.165, 1.54) is 25.7 Å². The lowest BCUT2D eigenvalue weighted by Gasteiger charge is -2.06. The monoisotopic (exact) mass is 250 g/mol. The molecule has 1 aromatic rings. The van der Waals surface area contributed by atoms with E-state index in [-0.39, 0.29) is 0 Å². The van der Waals surface area contributed by atoms with Gasteiger partial charge in [-0.05, 0) is 30.7 Å². The van der Waals surface area contributed by atoms with E-state index in [1.807, 2.05) is 6.07 Å². The van der Waals surface area contributed by atoms with Crippen molar-refractivity contribution >= 4 is 11.6 Å². The van der Waals surface area contributed by atoms with Crippen molar-refractivity contribution in [3.05, 3.63) is 34.3 Å². The van der Waals surface area contributed by atoms with Gasteiger partial charge in [-0.15, -0.1) is 0 Å². The number of rotatable bonds is 7. The molecular formula is C14H19ClN2. The summed E-state index contributed by atoms with van der Waals surface area (Å²) in [6.07, 6.45) is 5.06. The fraction of sp³-hybridized carbons (Fsp3) is 0.500. The van der Waals surface area contributed by atoms with E-state index in [4.69, 9.17) is 16.9 Å². The van der Waals surface area contributed by atoms with E-state index < -0.39 is 0 Å². The predicted molar refractivity (Wildman–Crippen MR) is 72.0 cm³/mol. The maximum Gasteiger partial charge on any atom is 0.0992 e. The summed E-state index contributed by atoms with van der Waals surface area (Å²) in [6, 6.07) is 7.52. The van der Waals surface area contributed by atoms with Gasteiger partial charge in [0.05, 0.1) is 11.6 Å². The third-order valence-corrected chi connectivity index (χ3v) is 3.06. The zero-order valence-electron chi connectivity index (χ0n) is 10.3. The van der Waals surface area contributed by atoms with Crippen LogP contribution in [0.5, 0.6) is 0 Å². The van der Waals surface area contributed by atoms with Gasteiger partial charge >= 0.3 is 0 Å². The second-order valence-corrected chi connectivity index (χ2v) is 4.56. The van der Waals surface area contributed by atoms with Gasteiger partial charge in [0.15, 0.2) is 0 Å². The Kier molecular flexibility index (Phi) is 6.69. The number of nitrogens with zero attached hydrogens (tertiary/aromatic N) is 1. The molecule has 0 aliphatic rings. The Labute approximate surface area is 109 Å². The van der Waals surface area contributed by atoms with Crippen molar-refractivity contribution in [1.29, 1.82) is 5.26 Å². The fourth-order valence-corrected chi connectivity index (χ4v) is 1.91. The van der Waals surface area contributed by atoms with Crippen LogP contribution in [-0.2, 0) is 6.54 Å². The van der Waals surface area contributed by atoms with Crippen molar-refractivity contribution in [2.24, 2.45) is 0 Å². The molecule has 0 aromatic heterocycles. The minimum absolute atomic E-state index is 0.613. The van der Waals surface area contributed by atoms with Gasteiger partial charge in [0, 0.05) is 11.6 Å². The van der Waals surface area contributed by atoms with Crippen molar-refractivity contribution in [3.63, 3.8) is 0 Å². The lowest BCUT2D eigenvalue weighted by molar-refractivity contribution is 0.598. The minimum atomic E-state index is 0.613. The summed E-state index contributed by atoms with van der Waals surface area (Å²) in [5.74, 6) is 0. The van der Waals surface area contributed by atoms with Gasteiger partial charge < -0.3 is 5.32 Å². The molecule has 0 atom stereocenters.